The standard InChI is InChI=1S/C28H28N4O2S/c1-3-34-24-15-13-23(14-16-24)32-26(18-21-9-5-4-6-10-21)29-30-28(32)35-19-27(33)31-20(2)17-22-11-7-8-12-25(22)31/h4-16,20H,3,17-19H2,1-2H3/t20-/m0/s1. The van der Waals surface area contributed by atoms with Crippen LogP contribution in [0.4, 0.5) is 5.69 Å². The number of rotatable bonds is 8. The fourth-order valence-corrected chi connectivity index (χ4v) is 5.38. The molecule has 6 nitrogen and oxygen atoms in total. The highest BCUT2D eigenvalue weighted by atomic mass is 32.2. The maximum Gasteiger partial charge on any atom is 0.237 e. The van der Waals surface area contributed by atoms with Crippen LogP contribution in [0.5, 0.6) is 5.75 Å². The summed E-state index contributed by atoms with van der Waals surface area (Å²) >= 11 is 1.43. The zero-order chi connectivity index (χ0) is 24.2. The van der Waals surface area contributed by atoms with Crippen molar-refractivity contribution in [3.05, 3.63) is 95.8 Å². The lowest BCUT2D eigenvalue weighted by Gasteiger charge is -2.22. The molecule has 1 amide bonds. The molecule has 1 aliphatic rings. The van der Waals surface area contributed by atoms with E-state index in [-0.39, 0.29) is 11.9 Å². The first kappa shape index (κ1) is 23.2. The lowest BCUT2D eigenvalue weighted by Crippen LogP contribution is -2.37. The van der Waals surface area contributed by atoms with Crippen LogP contribution >= 0.6 is 11.8 Å². The molecule has 0 unspecified atom stereocenters. The number of para-hydroxylation sites is 1. The number of nitrogens with zero attached hydrogens (tertiary/aromatic N) is 4. The number of benzene rings is 3. The van der Waals surface area contributed by atoms with E-state index in [4.69, 9.17) is 4.74 Å². The van der Waals surface area contributed by atoms with E-state index < -0.39 is 0 Å². The van der Waals surface area contributed by atoms with Gasteiger partial charge in [0.25, 0.3) is 0 Å². The molecule has 0 aliphatic carbocycles. The zero-order valence-corrected chi connectivity index (χ0v) is 20.7. The van der Waals surface area contributed by atoms with Gasteiger partial charge in [0.2, 0.25) is 5.91 Å². The molecule has 0 spiro atoms. The van der Waals surface area contributed by atoms with Crippen molar-refractivity contribution in [2.24, 2.45) is 0 Å². The summed E-state index contributed by atoms with van der Waals surface area (Å²) in [6.07, 6.45) is 1.53. The highest BCUT2D eigenvalue weighted by Gasteiger charge is 2.30. The Hall–Kier alpha value is -3.58. The Morgan fingerprint density at radius 1 is 1.00 bits per heavy atom. The smallest absolute Gasteiger partial charge is 0.237 e. The molecule has 0 N–H and O–H groups in total. The summed E-state index contributed by atoms with van der Waals surface area (Å²) in [6.45, 7) is 4.69. The summed E-state index contributed by atoms with van der Waals surface area (Å²) < 4.78 is 7.66. The van der Waals surface area contributed by atoms with Crippen LogP contribution in [0, 0.1) is 0 Å². The van der Waals surface area contributed by atoms with Gasteiger partial charge in [-0.05, 0) is 61.7 Å². The van der Waals surface area contributed by atoms with E-state index in [0.29, 0.717) is 23.9 Å². The van der Waals surface area contributed by atoms with Crippen LogP contribution in [0.1, 0.15) is 30.8 Å². The monoisotopic (exact) mass is 484 g/mol. The van der Waals surface area contributed by atoms with Gasteiger partial charge in [-0.2, -0.15) is 0 Å². The molecule has 0 bridgehead atoms. The van der Waals surface area contributed by atoms with Gasteiger partial charge in [-0.3, -0.25) is 9.36 Å². The molecule has 0 fully saturated rings. The number of amides is 1. The van der Waals surface area contributed by atoms with E-state index in [1.807, 2.05) is 77.1 Å². The summed E-state index contributed by atoms with van der Waals surface area (Å²) in [7, 11) is 0. The normalized spacial score (nSPS) is 14.7. The Balaban J connectivity index is 1.41. The van der Waals surface area contributed by atoms with Crippen molar-refractivity contribution in [3.8, 4) is 11.4 Å². The Bertz CT molecular complexity index is 1300. The molecule has 4 aromatic rings. The number of fused-ring (bicyclic) bond motifs is 1. The minimum absolute atomic E-state index is 0.0818. The van der Waals surface area contributed by atoms with Crippen molar-refractivity contribution in [3.63, 3.8) is 0 Å². The number of thioether (sulfide) groups is 1. The summed E-state index contributed by atoms with van der Waals surface area (Å²) in [5, 5.41) is 9.69. The number of hydrogen-bond acceptors (Lipinski definition) is 5. The SMILES string of the molecule is CCOc1ccc(-n2c(Cc3ccccc3)nnc2SCC(=O)N2c3ccccc3C[C@@H]2C)cc1. The largest absolute Gasteiger partial charge is 0.494 e. The third-order valence-electron chi connectivity index (χ3n) is 6.11. The number of carbonyl (C=O) groups excluding carboxylic acids is 1. The van der Waals surface area contributed by atoms with Gasteiger partial charge in [0.15, 0.2) is 5.16 Å². The molecule has 2 heterocycles. The van der Waals surface area contributed by atoms with Gasteiger partial charge in [0.05, 0.1) is 12.4 Å². The average Bonchev–Trinajstić information content (AvgIpc) is 3.43. The van der Waals surface area contributed by atoms with E-state index in [0.717, 1.165) is 34.9 Å². The van der Waals surface area contributed by atoms with Crippen molar-refractivity contribution in [1.29, 1.82) is 0 Å². The molecule has 3 aromatic carbocycles. The third kappa shape index (κ3) is 4.95. The summed E-state index contributed by atoms with van der Waals surface area (Å²) in [5.41, 5.74) is 4.34. The number of aromatic nitrogens is 3. The van der Waals surface area contributed by atoms with Crippen molar-refractivity contribution in [1.82, 2.24) is 14.8 Å². The van der Waals surface area contributed by atoms with Gasteiger partial charge in [-0.15, -0.1) is 10.2 Å². The molecule has 178 valence electrons. The van der Waals surface area contributed by atoms with Crippen LogP contribution in [0.25, 0.3) is 5.69 Å². The number of anilines is 1. The van der Waals surface area contributed by atoms with Crippen LogP contribution in [0.3, 0.4) is 0 Å². The van der Waals surface area contributed by atoms with Crippen LogP contribution in [0.2, 0.25) is 0 Å². The second kappa shape index (κ2) is 10.4. The number of ether oxygens (including phenoxy) is 1. The maximum atomic E-state index is 13.3. The first-order valence-electron chi connectivity index (χ1n) is 11.9. The van der Waals surface area contributed by atoms with Crippen molar-refractivity contribution in [2.45, 2.75) is 37.9 Å². The van der Waals surface area contributed by atoms with Gasteiger partial charge in [-0.25, -0.2) is 0 Å². The van der Waals surface area contributed by atoms with Gasteiger partial charge in [-0.1, -0.05) is 60.3 Å². The van der Waals surface area contributed by atoms with E-state index in [1.54, 1.807) is 0 Å². The maximum absolute atomic E-state index is 13.3. The van der Waals surface area contributed by atoms with Crippen LogP contribution in [-0.2, 0) is 17.6 Å². The lowest BCUT2D eigenvalue weighted by molar-refractivity contribution is -0.116. The predicted molar refractivity (Wildman–Crippen MR) is 140 cm³/mol. The Morgan fingerprint density at radius 2 is 1.74 bits per heavy atom. The predicted octanol–water partition coefficient (Wildman–Crippen LogP) is 5.33. The minimum atomic E-state index is 0.0818. The highest BCUT2D eigenvalue weighted by Crippen LogP contribution is 2.33. The van der Waals surface area contributed by atoms with E-state index in [9.17, 15) is 4.79 Å². The first-order valence-corrected chi connectivity index (χ1v) is 12.9. The molecule has 1 atom stereocenters. The molecular formula is C28H28N4O2S. The number of hydrogen-bond donors (Lipinski definition) is 0. The Morgan fingerprint density at radius 3 is 2.51 bits per heavy atom. The van der Waals surface area contributed by atoms with Crippen molar-refractivity contribution >= 4 is 23.4 Å². The Labute approximate surface area is 210 Å². The summed E-state index contributed by atoms with van der Waals surface area (Å²) in [5.74, 6) is 2.02. The second-order valence-electron chi connectivity index (χ2n) is 8.56. The Kier molecular flexibility index (Phi) is 6.86. The molecule has 1 aliphatic heterocycles. The van der Waals surface area contributed by atoms with Gasteiger partial charge in [0.1, 0.15) is 11.6 Å². The highest BCUT2D eigenvalue weighted by molar-refractivity contribution is 7.99. The molecule has 35 heavy (non-hydrogen) atoms. The summed E-state index contributed by atoms with van der Waals surface area (Å²) in [6, 6.07) is 26.4. The zero-order valence-electron chi connectivity index (χ0n) is 19.9. The van der Waals surface area contributed by atoms with E-state index in [2.05, 4.69) is 35.3 Å². The number of carbonyl (C=O) groups is 1. The first-order chi connectivity index (χ1) is 17.1. The van der Waals surface area contributed by atoms with Gasteiger partial charge >= 0.3 is 0 Å². The average molecular weight is 485 g/mol. The van der Waals surface area contributed by atoms with Crippen LogP contribution in [-0.4, -0.2) is 39.1 Å². The topological polar surface area (TPSA) is 60.2 Å². The molecular weight excluding hydrogens is 456 g/mol. The molecule has 7 heteroatoms. The molecule has 0 radical (unpaired) electrons. The second-order valence-corrected chi connectivity index (χ2v) is 9.50. The molecule has 0 saturated carbocycles. The quantitative estimate of drug-likeness (QED) is 0.317. The lowest BCUT2D eigenvalue weighted by atomic mass is 10.1. The summed E-state index contributed by atoms with van der Waals surface area (Å²) in [4.78, 5) is 15.2. The van der Waals surface area contributed by atoms with Crippen molar-refractivity contribution < 1.29 is 9.53 Å². The van der Waals surface area contributed by atoms with E-state index >= 15 is 0 Å². The molecule has 5 rings (SSSR count). The van der Waals surface area contributed by atoms with Crippen LogP contribution < -0.4 is 9.64 Å². The van der Waals surface area contributed by atoms with E-state index in [1.165, 1.54) is 17.3 Å². The van der Waals surface area contributed by atoms with Crippen molar-refractivity contribution in [2.75, 3.05) is 17.3 Å². The fourth-order valence-electron chi connectivity index (χ4n) is 4.55. The van der Waals surface area contributed by atoms with Gasteiger partial charge in [0, 0.05) is 23.8 Å². The van der Waals surface area contributed by atoms with Crippen LogP contribution in [0.15, 0.2) is 84.0 Å². The fraction of sp³-hybridized carbons (Fsp3) is 0.250. The third-order valence-corrected chi connectivity index (χ3v) is 7.03. The minimum Gasteiger partial charge on any atom is -0.494 e. The molecule has 1 aromatic heterocycles. The molecule has 0 saturated heterocycles. The van der Waals surface area contributed by atoms with Gasteiger partial charge < -0.3 is 9.64 Å².